The van der Waals surface area contributed by atoms with E-state index in [0.29, 0.717) is 23.7 Å². The molecule has 0 heterocycles. The Balaban J connectivity index is 2.82. The number of benzene rings is 1. The second-order valence-electron chi connectivity index (χ2n) is 4.81. The van der Waals surface area contributed by atoms with Crippen molar-refractivity contribution >= 4 is 29.2 Å². The third kappa shape index (κ3) is 5.85. The lowest BCUT2D eigenvalue weighted by molar-refractivity contribution is -0.120. The fourth-order valence-corrected chi connectivity index (χ4v) is 1.83. The Morgan fingerprint density at radius 3 is 2.52 bits per heavy atom. The molecule has 0 saturated carbocycles. The number of nitrogens with one attached hydrogen (secondary N) is 4. The molecule has 0 fully saturated rings. The Labute approximate surface area is 135 Å². The molecule has 0 spiro atoms. The van der Waals surface area contributed by atoms with Crippen LogP contribution in [0.1, 0.15) is 20.8 Å². The van der Waals surface area contributed by atoms with Crippen LogP contribution < -0.4 is 26.0 Å². The molecule has 0 aliphatic carbocycles. The normalized spacial score (nSPS) is 11.1. The van der Waals surface area contributed by atoms with Crippen molar-refractivity contribution in [3.63, 3.8) is 0 Å². The predicted octanol–water partition coefficient (Wildman–Crippen LogP) is 1.30. The van der Waals surface area contributed by atoms with E-state index in [4.69, 9.17) is 4.74 Å². The fraction of sp³-hybridized carbons (Fsp3) is 0.400. The topological polar surface area (TPSA) is 109 Å². The molecular formula is C15H22N4O4. The molecule has 8 heteroatoms. The number of rotatable bonds is 6. The predicted molar refractivity (Wildman–Crippen MR) is 87.6 cm³/mol. The lowest BCUT2D eigenvalue weighted by Crippen LogP contribution is -2.45. The van der Waals surface area contributed by atoms with E-state index < -0.39 is 18.0 Å². The van der Waals surface area contributed by atoms with Gasteiger partial charge in [-0.3, -0.25) is 14.9 Å². The van der Waals surface area contributed by atoms with Gasteiger partial charge in [0.25, 0.3) is 0 Å². The highest BCUT2D eigenvalue weighted by Crippen LogP contribution is 2.28. The summed E-state index contributed by atoms with van der Waals surface area (Å²) in [4.78, 5) is 34.4. The number of amides is 4. The van der Waals surface area contributed by atoms with E-state index in [1.165, 1.54) is 14.0 Å². The van der Waals surface area contributed by atoms with E-state index in [9.17, 15) is 14.4 Å². The Morgan fingerprint density at radius 1 is 1.26 bits per heavy atom. The smallest absolute Gasteiger partial charge is 0.321 e. The SMILES string of the molecule is CCNC(=O)NC(=O)[C@@H](C)Nc1cc(NC(C)=O)ccc1OC. The van der Waals surface area contributed by atoms with Crippen LogP contribution in [-0.4, -0.2) is 37.5 Å². The van der Waals surface area contributed by atoms with Gasteiger partial charge in [-0.2, -0.15) is 0 Å². The maximum absolute atomic E-state index is 11.9. The molecule has 4 N–H and O–H groups in total. The molecule has 0 aromatic heterocycles. The molecule has 1 aromatic carbocycles. The Kier molecular flexibility index (Phi) is 6.85. The summed E-state index contributed by atoms with van der Waals surface area (Å²) in [5.41, 5.74) is 1.09. The highest BCUT2D eigenvalue weighted by Gasteiger charge is 2.17. The number of carbonyl (C=O) groups is 3. The summed E-state index contributed by atoms with van der Waals surface area (Å²) >= 11 is 0. The first-order valence-corrected chi connectivity index (χ1v) is 7.18. The number of ether oxygens (including phenoxy) is 1. The van der Waals surface area contributed by atoms with Crippen molar-refractivity contribution in [2.75, 3.05) is 24.3 Å². The van der Waals surface area contributed by atoms with Gasteiger partial charge in [-0.1, -0.05) is 0 Å². The van der Waals surface area contributed by atoms with Gasteiger partial charge >= 0.3 is 6.03 Å². The molecule has 0 aliphatic heterocycles. The molecule has 1 aromatic rings. The van der Waals surface area contributed by atoms with Crippen LogP contribution in [0.15, 0.2) is 18.2 Å². The van der Waals surface area contributed by atoms with Crippen molar-refractivity contribution in [2.24, 2.45) is 0 Å². The second-order valence-corrected chi connectivity index (χ2v) is 4.81. The maximum Gasteiger partial charge on any atom is 0.321 e. The standard InChI is InChI=1S/C15H22N4O4/c1-5-16-15(22)19-14(21)9(2)17-12-8-11(18-10(3)20)6-7-13(12)23-4/h6-9,17H,5H2,1-4H3,(H,18,20)(H2,16,19,21,22)/t9-/m1/s1. The average molecular weight is 322 g/mol. The first-order valence-electron chi connectivity index (χ1n) is 7.18. The molecular weight excluding hydrogens is 300 g/mol. The molecule has 126 valence electrons. The zero-order valence-electron chi connectivity index (χ0n) is 13.6. The minimum Gasteiger partial charge on any atom is -0.495 e. The van der Waals surface area contributed by atoms with Crippen LogP contribution in [0.5, 0.6) is 5.75 Å². The Bertz CT molecular complexity index is 589. The molecule has 0 aliphatic rings. The van der Waals surface area contributed by atoms with Gasteiger partial charge in [-0.05, 0) is 32.0 Å². The molecule has 8 nitrogen and oxygen atoms in total. The molecule has 23 heavy (non-hydrogen) atoms. The lowest BCUT2D eigenvalue weighted by atomic mass is 10.2. The van der Waals surface area contributed by atoms with Gasteiger partial charge in [0.2, 0.25) is 11.8 Å². The fourth-order valence-electron chi connectivity index (χ4n) is 1.83. The summed E-state index contributed by atoms with van der Waals surface area (Å²) in [6, 6.07) is 3.77. The highest BCUT2D eigenvalue weighted by atomic mass is 16.5. The van der Waals surface area contributed by atoms with Crippen molar-refractivity contribution in [1.29, 1.82) is 0 Å². The summed E-state index contributed by atoms with van der Waals surface area (Å²) in [5, 5.41) is 10.3. The first kappa shape index (κ1) is 18.3. The van der Waals surface area contributed by atoms with Crippen LogP contribution in [0.3, 0.4) is 0 Å². The van der Waals surface area contributed by atoms with Crippen LogP contribution in [0.2, 0.25) is 0 Å². The minimum atomic E-state index is -0.681. The van der Waals surface area contributed by atoms with Crippen molar-refractivity contribution < 1.29 is 19.1 Å². The van der Waals surface area contributed by atoms with E-state index in [-0.39, 0.29) is 5.91 Å². The summed E-state index contributed by atoms with van der Waals surface area (Å²) in [7, 11) is 1.50. The lowest BCUT2D eigenvalue weighted by Gasteiger charge is -2.18. The number of anilines is 2. The van der Waals surface area contributed by atoms with Crippen LogP contribution in [0.4, 0.5) is 16.2 Å². The number of hydrogen-bond acceptors (Lipinski definition) is 5. The quantitative estimate of drug-likeness (QED) is 0.631. The van der Waals surface area contributed by atoms with Gasteiger partial charge < -0.3 is 20.7 Å². The third-order valence-corrected chi connectivity index (χ3v) is 2.86. The number of hydrogen-bond donors (Lipinski definition) is 4. The molecule has 1 rings (SSSR count). The summed E-state index contributed by atoms with van der Waals surface area (Å²) in [6.45, 7) is 5.19. The van der Waals surface area contributed by atoms with Gasteiger partial charge in [0, 0.05) is 19.2 Å². The van der Waals surface area contributed by atoms with Gasteiger partial charge in [-0.25, -0.2) is 4.79 Å². The van der Waals surface area contributed by atoms with Crippen molar-refractivity contribution in [1.82, 2.24) is 10.6 Å². The third-order valence-electron chi connectivity index (χ3n) is 2.86. The molecule has 1 atom stereocenters. The average Bonchev–Trinajstić information content (AvgIpc) is 2.47. The molecule has 0 unspecified atom stereocenters. The molecule has 0 saturated heterocycles. The van der Waals surface area contributed by atoms with Gasteiger partial charge in [0.15, 0.2) is 0 Å². The number of imide groups is 1. The van der Waals surface area contributed by atoms with Crippen LogP contribution in [-0.2, 0) is 9.59 Å². The maximum atomic E-state index is 11.9. The zero-order chi connectivity index (χ0) is 17.4. The molecule has 0 bridgehead atoms. The van der Waals surface area contributed by atoms with Gasteiger partial charge in [0.05, 0.1) is 12.8 Å². The largest absolute Gasteiger partial charge is 0.495 e. The molecule has 0 radical (unpaired) electrons. The summed E-state index contributed by atoms with van der Waals surface area (Å²) < 4.78 is 5.22. The van der Waals surface area contributed by atoms with Crippen molar-refractivity contribution in [2.45, 2.75) is 26.8 Å². The van der Waals surface area contributed by atoms with Crippen molar-refractivity contribution in [3.05, 3.63) is 18.2 Å². The van der Waals surface area contributed by atoms with E-state index in [0.717, 1.165) is 0 Å². The van der Waals surface area contributed by atoms with Crippen LogP contribution in [0, 0.1) is 0 Å². The minimum absolute atomic E-state index is 0.205. The second kappa shape index (κ2) is 8.62. The van der Waals surface area contributed by atoms with Gasteiger partial charge in [0.1, 0.15) is 11.8 Å². The summed E-state index contributed by atoms with van der Waals surface area (Å²) in [5.74, 6) is -0.178. The van der Waals surface area contributed by atoms with E-state index in [2.05, 4.69) is 21.3 Å². The zero-order valence-corrected chi connectivity index (χ0v) is 13.6. The van der Waals surface area contributed by atoms with E-state index >= 15 is 0 Å². The monoisotopic (exact) mass is 322 g/mol. The number of methoxy groups -OCH3 is 1. The Morgan fingerprint density at radius 2 is 1.96 bits per heavy atom. The summed E-state index contributed by atoms with van der Waals surface area (Å²) in [6.07, 6.45) is 0. The van der Waals surface area contributed by atoms with Crippen LogP contribution >= 0.6 is 0 Å². The van der Waals surface area contributed by atoms with E-state index in [1.807, 2.05) is 0 Å². The highest BCUT2D eigenvalue weighted by molar-refractivity contribution is 5.98. The van der Waals surface area contributed by atoms with Gasteiger partial charge in [-0.15, -0.1) is 0 Å². The number of urea groups is 1. The Hall–Kier alpha value is -2.77. The van der Waals surface area contributed by atoms with Crippen LogP contribution in [0.25, 0.3) is 0 Å². The molecule has 4 amide bonds. The van der Waals surface area contributed by atoms with E-state index in [1.54, 1.807) is 32.0 Å². The van der Waals surface area contributed by atoms with Crippen molar-refractivity contribution in [3.8, 4) is 5.75 Å². The first-order chi connectivity index (χ1) is 10.9. The number of carbonyl (C=O) groups excluding carboxylic acids is 3.